The molecule has 0 atom stereocenters. The Hall–Kier alpha value is -9.97. The fourth-order valence-electron chi connectivity index (χ4n) is 15.5. The number of aliphatic hydroxyl groups is 9. The van der Waals surface area contributed by atoms with Gasteiger partial charge in [-0.2, -0.15) is 13.7 Å². The van der Waals surface area contributed by atoms with E-state index in [1.54, 1.807) is 46.2 Å². The van der Waals surface area contributed by atoms with Gasteiger partial charge in [0.2, 0.25) is 27.3 Å². The summed E-state index contributed by atoms with van der Waals surface area (Å²) in [5.74, 6) is 3.59. The Kier molecular flexibility index (Phi) is 41.3. The van der Waals surface area contributed by atoms with Gasteiger partial charge < -0.3 is 70.1 Å². The first-order chi connectivity index (χ1) is 61.3. The monoisotopic (exact) mass is 1970 g/mol. The van der Waals surface area contributed by atoms with Crippen LogP contribution >= 0.6 is 89.8 Å². The first-order valence-corrected chi connectivity index (χ1v) is 47.8. The second-order valence-electron chi connectivity index (χ2n) is 28.6. The summed E-state index contributed by atoms with van der Waals surface area (Å²) in [6, 6.07) is 64.8. The molecule has 0 spiro atoms. The quantitative estimate of drug-likeness (QED) is 0.0131. The minimum Gasteiger partial charge on any atom is -0.506 e. The number of allylic oxidation sites excluding steroid dienone is 6. The molecular weight excluding hydrogens is 1850 g/mol. The molecule has 0 saturated heterocycles. The number of fused-ring (bicyclic) bond motifs is 8. The Labute approximate surface area is 794 Å². The number of hydrogen-bond donors (Lipinski definition) is 10. The summed E-state index contributed by atoms with van der Waals surface area (Å²) < 4.78 is 17.5. The van der Waals surface area contributed by atoms with Gasteiger partial charge in [0.05, 0.1) is 99.7 Å². The van der Waals surface area contributed by atoms with Gasteiger partial charge in [-0.25, -0.2) is 19.1 Å². The first-order valence-electron chi connectivity index (χ1n) is 41.8. The van der Waals surface area contributed by atoms with Crippen LogP contribution in [0.15, 0.2) is 251 Å². The van der Waals surface area contributed by atoms with Crippen LogP contribution in [0.4, 0.5) is 22.7 Å². The number of thiazole rings is 4. The molecule has 0 radical (unpaired) electrons. The van der Waals surface area contributed by atoms with Gasteiger partial charge in [-0.1, -0.05) is 185 Å². The van der Waals surface area contributed by atoms with Crippen molar-refractivity contribution in [3.63, 3.8) is 0 Å². The Morgan fingerprint density at radius 3 is 1.21 bits per heavy atom. The summed E-state index contributed by atoms with van der Waals surface area (Å²) in [7, 11) is 0. The molecule has 23 nitrogen and oxygen atoms in total. The number of Topliss-reactive ketones (excluding diaryl/α,β-unsaturated/α-hetero) is 2. The maximum Gasteiger partial charge on any atom is 0.263 e. The number of hydrogen-bond acceptors (Lipinski definition) is 22. The lowest BCUT2D eigenvalue weighted by Crippen LogP contribution is -2.38. The van der Waals surface area contributed by atoms with E-state index in [0.29, 0.717) is 72.5 Å². The predicted molar refractivity (Wildman–Crippen MR) is 544 cm³/mol. The first kappa shape index (κ1) is 104. The van der Waals surface area contributed by atoms with E-state index in [0.717, 1.165) is 106 Å². The lowest BCUT2D eigenvalue weighted by atomic mass is 9.87. The van der Waals surface area contributed by atoms with Gasteiger partial charge in [0.25, 0.3) is 15.8 Å². The molecule has 2 aliphatic carbocycles. The highest BCUT2D eigenvalue weighted by Crippen LogP contribution is 2.46. The van der Waals surface area contributed by atoms with Gasteiger partial charge in [-0.3, -0.25) is 9.59 Å². The van der Waals surface area contributed by atoms with Crippen LogP contribution in [0.5, 0.6) is 0 Å². The van der Waals surface area contributed by atoms with E-state index in [1.807, 2.05) is 185 Å². The molecular formula is C99H122Br2N12O11S5+4. The topological polar surface area (TPSA) is 280 Å². The predicted octanol–water partition coefficient (Wildman–Crippen LogP) is 17.0. The SMILES string of the molecule is C.C.C.CCN1C(=CC2=C(O)C(=Cc3sc4ccccc4[n+]3CCO)C2=O)N(CCO)c2ccccc21.CCN1C(=CC2=C(S)C(=Cc3sc4ccccc4[n+]3CCO)C2=O)N(CCO)c2ccccc21.CCn1c(C)[n+](CCO)c2ccccc21.CCn1c(C)nc2ccccc21.Cc1nc2ccccc2s1.Cc1sc2ccccc2[n+]1CCO.OCCBr.OCCBr. The van der Waals surface area contributed by atoms with E-state index in [-0.39, 0.29) is 104 Å². The van der Waals surface area contributed by atoms with Gasteiger partial charge in [-0.05, 0) is 133 Å². The number of carbonyl (C=O) groups excluding carboxylic acids is 2. The zero-order valence-electron chi connectivity index (χ0n) is 72.0. The highest BCUT2D eigenvalue weighted by Gasteiger charge is 2.39. The van der Waals surface area contributed by atoms with E-state index in [4.69, 9.17) is 33.1 Å². The smallest absolute Gasteiger partial charge is 0.263 e. The minimum absolute atomic E-state index is 0. The summed E-state index contributed by atoms with van der Waals surface area (Å²) in [6.07, 6.45) is 7.17. The van der Waals surface area contributed by atoms with Crippen molar-refractivity contribution in [3.05, 3.63) is 283 Å². The van der Waals surface area contributed by atoms with E-state index < -0.39 is 0 Å². The summed E-state index contributed by atoms with van der Waals surface area (Å²) in [6.45, 7) is 23.9. The largest absolute Gasteiger partial charge is 0.506 e. The Balaban J connectivity index is 0.000000198. The fourth-order valence-corrected chi connectivity index (χ4v) is 20.0. The number of carbonyl (C=O) groups is 2. The molecule has 0 unspecified atom stereocenters. The molecule has 129 heavy (non-hydrogen) atoms. The third-order valence-corrected chi connectivity index (χ3v) is 26.5. The molecule has 4 aliphatic rings. The summed E-state index contributed by atoms with van der Waals surface area (Å²) in [5, 5.41) is 88.3. The number of imidazole rings is 2. The molecule has 2 aliphatic heterocycles. The number of aliphatic hydroxyl groups excluding tert-OH is 9. The van der Waals surface area contributed by atoms with Crippen molar-refractivity contribution >= 4 is 199 Å². The molecule has 6 aromatic heterocycles. The fraction of sp³-hybridized carbons (Fsp3) is 0.313. The molecule has 0 bridgehead atoms. The molecule has 8 aromatic carbocycles. The normalized spacial score (nSPS) is 14.1. The van der Waals surface area contributed by atoms with Crippen LogP contribution in [0.1, 0.15) is 81.7 Å². The van der Waals surface area contributed by atoms with E-state index >= 15 is 0 Å². The number of benzene rings is 8. The maximum absolute atomic E-state index is 13.2. The van der Waals surface area contributed by atoms with Crippen molar-refractivity contribution in [2.24, 2.45) is 0 Å². The number of thiol groups is 1. The van der Waals surface area contributed by atoms with Gasteiger partial charge in [0.15, 0.2) is 36.5 Å². The van der Waals surface area contributed by atoms with Gasteiger partial charge in [0, 0.05) is 104 Å². The van der Waals surface area contributed by atoms with Crippen LogP contribution in [-0.4, -0.2) is 166 Å². The number of para-hydroxylation sites is 12. The number of β-amino-alcohol motifs (C(OH)–C–C–N with tert-alkyl or cyclic N) is 2. The van der Waals surface area contributed by atoms with Crippen LogP contribution in [-0.2, 0) is 48.9 Å². The maximum atomic E-state index is 13.2. The summed E-state index contributed by atoms with van der Waals surface area (Å²) >= 11 is 17.3. The minimum atomic E-state index is -0.228. The molecule has 9 N–H and O–H groups in total. The highest BCUT2D eigenvalue weighted by molar-refractivity contribution is 9.09. The van der Waals surface area contributed by atoms with Crippen LogP contribution in [0.2, 0.25) is 0 Å². The molecule has 30 heteroatoms. The number of aryl methyl sites for hydroxylation is 5. The number of nitrogens with zero attached hydrogens (tertiary/aromatic N) is 12. The Morgan fingerprint density at radius 1 is 0.388 bits per heavy atom. The molecule has 18 rings (SSSR count). The van der Waals surface area contributed by atoms with Crippen LogP contribution < -0.4 is 37.9 Å². The highest BCUT2D eigenvalue weighted by atomic mass is 79.9. The lowest BCUT2D eigenvalue weighted by Gasteiger charge is -2.27. The average Bonchev–Trinajstić information content (AvgIpc) is 1.63. The molecule has 8 heterocycles. The van der Waals surface area contributed by atoms with Crippen LogP contribution in [0.3, 0.4) is 0 Å². The molecule has 0 saturated carbocycles. The molecule has 684 valence electrons. The number of alkyl halides is 2. The zero-order chi connectivity index (χ0) is 90.1. The molecule has 0 amide bonds. The summed E-state index contributed by atoms with van der Waals surface area (Å²) in [4.78, 5) is 44.0. The number of halogens is 2. The van der Waals surface area contributed by atoms with Gasteiger partial charge in [-0.15, -0.1) is 24.0 Å². The molecule has 14 aromatic rings. The summed E-state index contributed by atoms with van der Waals surface area (Å²) in [5.41, 5.74) is 14.8. The number of ketones is 2. The van der Waals surface area contributed by atoms with Crippen molar-refractivity contribution in [2.45, 2.75) is 117 Å². The van der Waals surface area contributed by atoms with Crippen molar-refractivity contribution in [3.8, 4) is 0 Å². The van der Waals surface area contributed by atoms with E-state index in [1.165, 1.54) is 53.6 Å². The van der Waals surface area contributed by atoms with Crippen LogP contribution in [0.25, 0.3) is 75.1 Å². The second-order valence-corrected chi connectivity index (χ2v) is 35.3. The third kappa shape index (κ3) is 23.9. The van der Waals surface area contributed by atoms with Gasteiger partial charge in [0.1, 0.15) is 63.7 Å². The average molecular weight is 1980 g/mol. The Bertz CT molecular complexity index is 6050. The second kappa shape index (κ2) is 51.0. The zero-order valence-corrected chi connectivity index (χ0v) is 79.3. The van der Waals surface area contributed by atoms with E-state index in [9.17, 15) is 35.1 Å². The Morgan fingerprint density at radius 2 is 0.767 bits per heavy atom. The number of anilines is 4. The lowest BCUT2D eigenvalue weighted by molar-refractivity contribution is -0.679. The van der Waals surface area contributed by atoms with Crippen molar-refractivity contribution in [2.75, 3.05) is 109 Å². The third-order valence-electron chi connectivity index (χ3n) is 21.0. The number of aromatic nitrogens is 8. The number of rotatable bonds is 22. The van der Waals surface area contributed by atoms with Crippen molar-refractivity contribution in [1.82, 2.24) is 19.1 Å². The molecule has 0 fully saturated rings. The van der Waals surface area contributed by atoms with Crippen molar-refractivity contribution in [1.29, 1.82) is 0 Å². The van der Waals surface area contributed by atoms with Gasteiger partial charge >= 0.3 is 0 Å². The van der Waals surface area contributed by atoms with Crippen LogP contribution in [0, 0.1) is 27.7 Å². The van der Waals surface area contributed by atoms with Crippen molar-refractivity contribution < 1.29 is 73.8 Å². The van der Waals surface area contributed by atoms with E-state index in [2.05, 4.69) is 165 Å². The standard InChI is InChI=1S/C26H25N3O4S.C26H25N3O3S2.C12H17N2O.C10H12N2.C10H12NOS.C8H7NS.2C2H5BrO.3CH4/c2*1-2-27-19-7-3-4-8-20(19)28(11-13-30)23(27)15-17-25(32)18(26(17)33)16-24-29(12-14-31)21-9-5-6-10-22(21)34-24;1-3-13-10(2)14(8-9-15)12-7-5-4-6-11(12)13;1-3-12-8(2)11-9-6-4-5-7-10(9)12;1-8-11(6-7-12)9-4-2-3-5-10(9)13-8;1-6-9-7-4-2-3-5-8(7)10-6;2*3-1-2-4;;;/h2*3-10,15-16,30-31H,2,11-14H2,1H3;4-7,15H,3,8-9H2,1-2H3;4-7H,3H2,1-2H3;2-5,12H,6-7H2,1H3;2-5H,1H3;2*4H,1-2H2;3*1H4/q;;+1;;+1;;;;;;/p+2.